The lowest BCUT2D eigenvalue weighted by atomic mass is 9.92. The van der Waals surface area contributed by atoms with Crippen LogP contribution < -0.4 is 5.32 Å². The fraction of sp³-hybridized carbons (Fsp3) is 0.857. The Morgan fingerprint density at radius 3 is 2.25 bits per heavy atom. The summed E-state index contributed by atoms with van der Waals surface area (Å²) in [4.78, 5) is 26.4. The van der Waals surface area contributed by atoms with Crippen LogP contribution in [0.5, 0.6) is 0 Å². The molecular weight excluding hydrogens is 258 g/mol. The Hall–Kier alpha value is -1.30. The highest BCUT2D eigenvalue weighted by Gasteiger charge is 2.21. The number of hydrogen-bond donors (Lipinski definition) is 2. The molecule has 1 aliphatic rings. The number of carbonyl (C=O) groups is 2. The summed E-state index contributed by atoms with van der Waals surface area (Å²) in [5, 5.41) is 11.6. The molecule has 20 heavy (non-hydrogen) atoms. The Bertz CT molecular complexity index is 331. The van der Waals surface area contributed by atoms with Gasteiger partial charge in [0.25, 0.3) is 0 Å². The van der Waals surface area contributed by atoms with Gasteiger partial charge >= 0.3 is 12.0 Å². The number of carbonyl (C=O) groups excluding carboxylic acids is 1. The first-order valence-corrected chi connectivity index (χ1v) is 7.25. The van der Waals surface area contributed by atoms with E-state index < -0.39 is 5.97 Å². The number of aliphatic carboxylic acids is 1. The quantitative estimate of drug-likeness (QED) is 0.797. The van der Waals surface area contributed by atoms with Crippen LogP contribution in [0, 0.1) is 5.41 Å². The molecule has 0 saturated carbocycles. The number of amides is 2. The highest BCUT2D eigenvalue weighted by atomic mass is 16.4. The minimum atomic E-state index is -0.771. The normalized spacial score (nSPS) is 17.1. The van der Waals surface area contributed by atoms with Gasteiger partial charge < -0.3 is 15.3 Å². The predicted molar refractivity (Wildman–Crippen MR) is 77.7 cm³/mol. The van der Waals surface area contributed by atoms with Crippen molar-refractivity contribution in [3.05, 3.63) is 0 Å². The number of carboxylic acids is 1. The Morgan fingerprint density at radius 1 is 1.15 bits per heavy atom. The molecule has 2 N–H and O–H groups in total. The van der Waals surface area contributed by atoms with Crippen molar-refractivity contribution in [2.75, 3.05) is 39.3 Å². The van der Waals surface area contributed by atoms with E-state index in [-0.39, 0.29) is 17.9 Å². The summed E-state index contributed by atoms with van der Waals surface area (Å²) in [6.07, 6.45) is 1.12. The number of hydrogen-bond acceptors (Lipinski definition) is 3. The van der Waals surface area contributed by atoms with E-state index in [4.69, 9.17) is 5.11 Å². The molecular formula is C14H27N3O3. The summed E-state index contributed by atoms with van der Waals surface area (Å²) in [5.41, 5.74) is 0.225. The van der Waals surface area contributed by atoms with Gasteiger partial charge in [0.15, 0.2) is 0 Å². The molecule has 1 aliphatic heterocycles. The highest BCUT2D eigenvalue weighted by Crippen LogP contribution is 2.17. The molecule has 0 aliphatic carbocycles. The fourth-order valence-electron chi connectivity index (χ4n) is 2.08. The van der Waals surface area contributed by atoms with E-state index in [1.165, 1.54) is 0 Å². The molecule has 2 amide bonds. The summed E-state index contributed by atoms with van der Waals surface area (Å²) in [7, 11) is 0. The molecule has 0 atom stereocenters. The lowest BCUT2D eigenvalue weighted by Crippen LogP contribution is -2.52. The van der Waals surface area contributed by atoms with Crippen molar-refractivity contribution in [2.45, 2.75) is 33.6 Å². The van der Waals surface area contributed by atoms with Crippen molar-refractivity contribution in [2.24, 2.45) is 5.41 Å². The second kappa shape index (κ2) is 7.47. The molecule has 6 nitrogen and oxygen atoms in total. The van der Waals surface area contributed by atoms with Crippen LogP contribution >= 0.6 is 0 Å². The van der Waals surface area contributed by atoms with Crippen LogP contribution in [-0.2, 0) is 4.79 Å². The van der Waals surface area contributed by atoms with Gasteiger partial charge in [0, 0.05) is 39.3 Å². The SMILES string of the molecule is CC(C)(C)CCNC(=O)N1CCN(CCC(=O)O)CC1. The van der Waals surface area contributed by atoms with Crippen molar-refractivity contribution in [3.63, 3.8) is 0 Å². The summed E-state index contributed by atoms with van der Waals surface area (Å²) < 4.78 is 0. The fourth-order valence-corrected chi connectivity index (χ4v) is 2.08. The lowest BCUT2D eigenvalue weighted by Gasteiger charge is -2.34. The zero-order valence-electron chi connectivity index (χ0n) is 12.8. The third-order valence-electron chi connectivity index (χ3n) is 3.45. The van der Waals surface area contributed by atoms with Crippen molar-refractivity contribution < 1.29 is 14.7 Å². The van der Waals surface area contributed by atoms with Crippen molar-refractivity contribution in [3.8, 4) is 0 Å². The molecule has 1 saturated heterocycles. The maximum atomic E-state index is 12.0. The number of nitrogens with zero attached hydrogens (tertiary/aromatic N) is 2. The minimum absolute atomic E-state index is 0.00728. The van der Waals surface area contributed by atoms with E-state index in [0.29, 0.717) is 26.2 Å². The van der Waals surface area contributed by atoms with E-state index in [1.54, 1.807) is 4.90 Å². The average molecular weight is 285 g/mol. The standard InChI is InChI=1S/C14H27N3O3/c1-14(2,3)5-6-15-13(20)17-10-8-16(9-11-17)7-4-12(18)19/h4-11H2,1-3H3,(H,15,20)(H,18,19). The van der Waals surface area contributed by atoms with Gasteiger partial charge in [-0.05, 0) is 11.8 Å². The van der Waals surface area contributed by atoms with Crippen molar-refractivity contribution in [1.29, 1.82) is 0 Å². The largest absolute Gasteiger partial charge is 0.481 e. The number of urea groups is 1. The zero-order chi connectivity index (χ0) is 15.2. The van der Waals surface area contributed by atoms with Crippen LogP contribution in [-0.4, -0.2) is 66.2 Å². The van der Waals surface area contributed by atoms with Gasteiger partial charge in [-0.25, -0.2) is 4.79 Å². The lowest BCUT2D eigenvalue weighted by molar-refractivity contribution is -0.137. The molecule has 1 rings (SSSR count). The molecule has 0 unspecified atom stereocenters. The molecule has 1 heterocycles. The van der Waals surface area contributed by atoms with Crippen molar-refractivity contribution >= 4 is 12.0 Å². The van der Waals surface area contributed by atoms with Crippen molar-refractivity contribution in [1.82, 2.24) is 15.1 Å². The Balaban J connectivity index is 2.20. The second-order valence-electron chi connectivity index (χ2n) is 6.52. The smallest absolute Gasteiger partial charge is 0.317 e. The van der Waals surface area contributed by atoms with Gasteiger partial charge in [-0.15, -0.1) is 0 Å². The van der Waals surface area contributed by atoms with Crippen LogP contribution in [0.15, 0.2) is 0 Å². The molecule has 0 aromatic rings. The molecule has 6 heteroatoms. The molecule has 0 spiro atoms. The number of carboxylic acid groups (broad SMARTS) is 1. The molecule has 0 bridgehead atoms. The maximum Gasteiger partial charge on any atom is 0.317 e. The zero-order valence-corrected chi connectivity index (χ0v) is 12.8. The average Bonchev–Trinajstić information content (AvgIpc) is 2.35. The van der Waals surface area contributed by atoms with Crippen LogP contribution in [0.25, 0.3) is 0 Å². The first-order chi connectivity index (χ1) is 9.28. The van der Waals surface area contributed by atoms with Crippen LogP contribution in [0.1, 0.15) is 33.6 Å². The van der Waals surface area contributed by atoms with Gasteiger partial charge in [0.05, 0.1) is 6.42 Å². The van der Waals surface area contributed by atoms with Crippen LogP contribution in [0.2, 0.25) is 0 Å². The van der Waals surface area contributed by atoms with E-state index in [9.17, 15) is 9.59 Å². The van der Waals surface area contributed by atoms with E-state index >= 15 is 0 Å². The Labute approximate surface area is 121 Å². The van der Waals surface area contributed by atoms with E-state index in [2.05, 4.69) is 31.0 Å². The summed E-state index contributed by atoms with van der Waals surface area (Å²) >= 11 is 0. The number of rotatable bonds is 5. The number of nitrogens with one attached hydrogen (secondary N) is 1. The molecule has 0 aromatic carbocycles. The van der Waals surface area contributed by atoms with Gasteiger partial charge in [-0.1, -0.05) is 20.8 Å². The van der Waals surface area contributed by atoms with Crippen LogP contribution in [0.3, 0.4) is 0 Å². The monoisotopic (exact) mass is 285 g/mol. The Morgan fingerprint density at radius 2 is 1.75 bits per heavy atom. The summed E-state index contributed by atoms with van der Waals surface area (Å²) in [5.74, 6) is -0.771. The van der Waals surface area contributed by atoms with Gasteiger partial charge in [-0.3, -0.25) is 9.69 Å². The Kier molecular flexibility index (Phi) is 6.26. The first kappa shape index (κ1) is 16.8. The minimum Gasteiger partial charge on any atom is -0.481 e. The van der Waals surface area contributed by atoms with Crippen LogP contribution in [0.4, 0.5) is 4.79 Å². The molecule has 0 radical (unpaired) electrons. The maximum absolute atomic E-state index is 12.0. The van der Waals surface area contributed by atoms with Gasteiger partial charge in [0.2, 0.25) is 0 Å². The van der Waals surface area contributed by atoms with Gasteiger partial charge in [0.1, 0.15) is 0 Å². The second-order valence-corrected chi connectivity index (χ2v) is 6.52. The summed E-state index contributed by atoms with van der Waals surface area (Å²) in [6, 6.07) is -0.00728. The first-order valence-electron chi connectivity index (χ1n) is 7.25. The van der Waals surface area contributed by atoms with Gasteiger partial charge in [-0.2, -0.15) is 0 Å². The summed E-state index contributed by atoms with van der Waals surface area (Å²) in [6.45, 7) is 10.6. The van der Waals surface area contributed by atoms with E-state index in [0.717, 1.165) is 19.5 Å². The third kappa shape index (κ3) is 6.75. The molecule has 116 valence electrons. The molecule has 0 aromatic heterocycles. The third-order valence-corrected chi connectivity index (χ3v) is 3.45. The predicted octanol–water partition coefficient (Wildman–Crippen LogP) is 1.22. The van der Waals surface area contributed by atoms with E-state index in [1.807, 2.05) is 0 Å². The topological polar surface area (TPSA) is 72.9 Å². The molecule has 1 fully saturated rings. The highest BCUT2D eigenvalue weighted by molar-refractivity contribution is 5.74. The number of piperazine rings is 1.